The summed E-state index contributed by atoms with van der Waals surface area (Å²) in [6, 6.07) is 26.0. The van der Waals surface area contributed by atoms with Gasteiger partial charge in [-0.2, -0.15) is 9.41 Å². The van der Waals surface area contributed by atoms with Crippen LogP contribution in [0.5, 0.6) is 5.75 Å². The Kier molecular flexibility index (Phi) is 11.0. The molecule has 0 aliphatic carbocycles. The van der Waals surface area contributed by atoms with Crippen LogP contribution in [0.15, 0.2) is 116 Å². The number of hydrogen-bond acceptors (Lipinski definition) is 7. The van der Waals surface area contributed by atoms with Gasteiger partial charge < -0.3 is 14.5 Å². The fourth-order valence-corrected chi connectivity index (χ4v) is 5.42. The van der Waals surface area contributed by atoms with Crippen molar-refractivity contribution in [3.63, 3.8) is 0 Å². The van der Waals surface area contributed by atoms with Crippen LogP contribution < -0.4 is 15.5 Å². The zero-order chi connectivity index (χ0) is 29.8. The Bertz CT molecular complexity index is 1580. The quantitative estimate of drug-likeness (QED) is 0.156. The second-order valence-electron chi connectivity index (χ2n) is 9.04. The van der Waals surface area contributed by atoms with Crippen molar-refractivity contribution >= 4 is 44.0 Å². The Morgan fingerprint density at radius 1 is 0.929 bits per heavy atom. The van der Waals surface area contributed by atoms with Crippen LogP contribution >= 0.6 is 15.9 Å². The van der Waals surface area contributed by atoms with E-state index in [1.807, 2.05) is 30.3 Å². The molecular formula is C30H29BrN4O6S. The molecule has 42 heavy (non-hydrogen) atoms. The van der Waals surface area contributed by atoms with E-state index in [-0.39, 0.29) is 30.5 Å². The zero-order valence-corrected chi connectivity index (χ0v) is 24.9. The zero-order valence-electron chi connectivity index (χ0n) is 22.5. The van der Waals surface area contributed by atoms with Crippen molar-refractivity contribution in [1.82, 2.24) is 15.0 Å². The third-order valence-electron chi connectivity index (χ3n) is 5.96. The van der Waals surface area contributed by atoms with E-state index >= 15 is 0 Å². The van der Waals surface area contributed by atoms with Crippen molar-refractivity contribution in [2.45, 2.75) is 17.9 Å². The van der Waals surface area contributed by atoms with Gasteiger partial charge in [-0.1, -0.05) is 46.3 Å². The third kappa shape index (κ3) is 9.40. The topological polar surface area (TPSA) is 130 Å². The van der Waals surface area contributed by atoms with Crippen molar-refractivity contribution < 1.29 is 27.2 Å². The fourth-order valence-electron chi connectivity index (χ4n) is 3.76. The first kappa shape index (κ1) is 30.7. The van der Waals surface area contributed by atoms with Crippen molar-refractivity contribution in [3.05, 3.63) is 119 Å². The van der Waals surface area contributed by atoms with Crippen LogP contribution in [-0.2, 0) is 32.6 Å². The number of nitrogens with zero attached hydrogens (tertiary/aromatic N) is 2. The van der Waals surface area contributed by atoms with Crippen LogP contribution in [0.4, 0.5) is 0 Å². The Labute approximate surface area is 252 Å². The standard InChI is InChI=1S/C30H29BrN4O6S/c31-25-10-14-28(15-11-25)42(38,39)35(17-16-23-5-2-1-3-6-23)21-29(36)34-33-19-24-8-12-26(13-9-24)41-22-30(37)32-20-27-7-4-18-40-27/h1-15,18-19H,16-17,20-22H2,(H,32,37)(H,34,36)/b33-19+. The SMILES string of the molecule is O=C(COc1ccc(/C=N/NC(=O)CN(CCc2ccccc2)S(=O)(=O)c2ccc(Br)cc2)cc1)NCc1ccco1. The Balaban J connectivity index is 1.30. The normalized spacial score (nSPS) is 11.5. The fraction of sp³-hybridized carbons (Fsp3) is 0.167. The van der Waals surface area contributed by atoms with Gasteiger partial charge in [-0.3, -0.25) is 9.59 Å². The van der Waals surface area contributed by atoms with Crippen molar-refractivity contribution in [2.75, 3.05) is 19.7 Å². The molecule has 0 unspecified atom stereocenters. The first-order valence-corrected chi connectivity index (χ1v) is 15.2. The average molecular weight is 654 g/mol. The Morgan fingerprint density at radius 2 is 1.67 bits per heavy atom. The molecule has 0 bridgehead atoms. The summed E-state index contributed by atoms with van der Waals surface area (Å²) in [5, 5.41) is 6.66. The molecule has 3 aromatic carbocycles. The first-order chi connectivity index (χ1) is 20.3. The van der Waals surface area contributed by atoms with E-state index in [2.05, 4.69) is 31.8 Å². The molecule has 0 saturated heterocycles. The molecule has 0 spiro atoms. The van der Waals surface area contributed by atoms with Gasteiger partial charge in [0.1, 0.15) is 11.5 Å². The van der Waals surface area contributed by atoms with Gasteiger partial charge in [0, 0.05) is 11.0 Å². The molecule has 0 atom stereocenters. The highest BCUT2D eigenvalue weighted by Gasteiger charge is 2.26. The van der Waals surface area contributed by atoms with E-state index in [1.54, 1.807) is 48.5 Å². The van der Waals surface area contributed by atoms with E-state index in [4.69, 9.17) is 9.15 Å². The predicted molar refractivity (Wildman–Crippen MR) is 161 cm³/mol. The van der Waals surface area contributed by atoms with Crippen LogP contribution in [-0.4, -0.2) is 50.4 Å². The summed E-state index contributed by atoms with van der Waals surface area (Å²) in [5.41, 5.74) is 4.01. The van der Waals surface area contributed by atoms with Gasteiger partial charge in [-0.25, -0.2) is 13.8 Å². The highest BCUT2D eigenvalue weighted by atomic mass is 79.9. The molecular weight excluding hydrogens is 624 g/mol. The lowest BCUT2D eigenvalue weighted by Gasteiger charge is -2.21. The van der Waals surface area contributed by atoms with Gasteiger partial charge in [0.2, 0.25) is 10.0 Å². The van der Waals surface area contributed by atoms with Crippen molar-refractivity contribution in [3.8, 4) is 5.75 Å². The van der Waals surface area contributed by atoms with Crippen LogP contribution in [0.25, 0.3) is 0 Å². The number of hydrogen-bond donors (Lipinski definition) is 2. The maximum Gasteiger partial charge on any atom is 0.258 e. The number of nitrogens with one attached hydrogen (secondary N) is 2. The molecule has 2 N–H and O–H groups in total. The minimum atomic E-state index is -3.94. The minimum Gasteiger partial charge on any atom is -0.484 e. The van der Waals surface area contributed by atoms with E-state index in [9.17, 15) is 18.0 Å². The van der Waals surface area contributed by atoms with Gasteiger partial charge in [0.25, 0.3) is 11.8 Å². The highest BCUT2D eigenvalue weighted by molar-refractivity contribution is 9.10. The second kappa shape index (κ2) is 15.1. The van der Waals surface area contributed by atoms with Gasteiger partial charge in [0.05, 0.1) is 30.5 Å². The number of amides is 2. The number of halogens is 1. The third-order valence-corrected chi connectivity index (χ3v) is 8.34. The van der Waals surface area contributed by atoms with Gasteiger partial charge in [-0.15, -0.1) is 0 Å². The largest absolute Gasteiger partial charge is 0.484 e. The maximum atomic E-state index is 13.4. The summed E-state index contributed by atoms with van der Waals surface area (Å²) in [5.74, 6) is 0.252. The summed E-state index contributed by atoms with van der Waals surface area (Å²) in [7, 11) is -3.94. The van der Waals surface area contributed by atoms with Gasteiger partial charge >= 0.3 is 0 Å². The summed E-state index contributed by atoms with van der Waals surface area (Å²) >= 11 is 3.31. The Morgan fingerprint density at radius 3 is 2.36 bits per heavy atom. The van der Waals surface area contributed by atoms with Crippen LogP contribution in [0.2, 0.25) is 0 Å². The second-order valence-corrected chi connectivity index (χ2v) is 11.9. The molecule has 4 rings (SSSR count). The van der Waals surface area contributed by atoms with E-state index in [1.165, 1.54) is 24.6 Å². The average Bonchev–Trinajstić information content (AvgIpc) is 3.52. The first-order valence-electron chi connectivity index (χ1n) is 12.9. The number of sulfonamides is 1. The van der Waals surface area contributed by atoms with Crippen LogP contribution in [0.3, 0.4) is 0 Å². The highest BCUT2D eigenvalue weighted by Crippen LogP contribution is 2.19. The monoisotopic (exact) mass is 652 g/mol. The molecule has 4 aromatic rings. The molecule has 2 amide bonds. The molecule has 10 nitrogen and oxygen atoms in total. The molecule has 218 valence electrons. The molecule has 0 aliphatic heterocycles. The minimum absolute atomic E-state index is 0.0902. The number of benzene rings is 3. The number of rotatable bonds is 14. The van der Waals surface area contributed by atoms with Crippen LogP contribution in [0.1, 0.15) is 16.9 Å². The predicted octanol–water partition coefficient (Wildman–Crippen LogP) is 4.12. The van der Waals surface area contributed by atoms with E-state index in [0.29, 0.717) is 23.5 Å². The Hall–Kier alpha value is -4.26. The smallest absolute Gasteiger partial charge is 0.258 e. The molecule has 0 aliphatic rings. The lowest BCUT2D eigenvalue weighted by atomic mass is 10.1. The van der Waals surface area contributed by atoms with E-state index in [0.717, 1.165) is 14.3 Å². The number of ether oxygens (including phenoxy) is 1. The number of furan rings is 1. The number of carbonyl (C=O) groups excluding carboxylic acids is 2. The molecule has 0 saturated carbocycles. The summed E-state index contributed by atoms with van der Waals surface area (Å²) in [6.45, 7) is -0.176. The van der Waals surface area contributed by atoms with Crippen molar-refractivity contribution in [1.29, 1.82) is 0 Å². The van der Waals surface area contributed by atoms with E-state index < -0.39 is 22.5 Å². The summed E-state index contributed by atoms with van der Waals surface area (Å²) < 4.78 is 39.3. The van der Waals surface area contributed by atoms with Crippen LogP contribution in [0, 0.1) is 0 Å². The van der Waals surface area contributed by atoms with Gasteiger partial charge in [-0.05, 0) is 78.2 Å². The molecule has 1 aromatic heterocycles. The lowest BCUT2D eigenvalue weighted by Crippen LogP contribution is -2.40. The molecule has 0 fully saturated rings. The molecule has 0 radical (unpaired) electrons. The molecule has 1 heterocycles. The summed E-state index contributed by atoms with van der Waals surface area (Å²) in [6.07, 6.45) is 3.40. The molecule has 12 heteroatoms. The number of hydrazone groups is 1. The maximum absolute atomic E-state index is 13.4. The summed E-state index contributed by atoms with van der Waals surface area (Å²) in [4.78, 5) is 24.8. The number of carbonyl (C=O) groups is 2. The van der Waals surface area contributed by atoms with Gasteiger partial charge in [0.15, 0.2) is 6.61 Å². The lowest BCUT2D eigenvalue weighted by molar-refractivity contribution is -0.123. The van der Waals surface area contributed by atoms with Crippen molar-refractivity contribution in [2.24, 2.45) is 5.10 Å².